The SMILES string of the molecule is CCCCOC(=O)NC(C(=O)O)C(=O)C(N)c1ccccc1. The molecule has 22 heavy (non-hydrogen) atoms. The number of rotatable bonds is 8. The lowest BCUT2D eigenvalue weighted by Crippen LogP contribution is -2.49. The number of carbonyl (C=O) groups is 3. The number of carboxylic acids is 1. The molecule has 0 aliphatic heterocycles. The minimum atomic E-state index is -1.75. The van der Waals surface area contributed by atoms with Crippen LogP contribution in [-0.4, -0.2) is 35.6 Å². The molecule has 0 fully saturated rings. The van der Waals surface area contributed by atoms with Crippen LogP contribution in [0.5, 0.6) is 0 Å². The first-order valence-corrected chi connectivity index (χ1v) is 6.97. The number of carbonyl (C=O) groups excluding carboxylic acids is 2. The van der Waals surface area contributed by atoms with Crippen molar-refractivity contribution in [2.75, 3.05) is 6.61 Å². The Kier molecular flexibility index (Phi) is 7.04. The number of ether oxygens (including phenoxy) is 1. The van der Waals surface area contributed by atoms with Crippen LogP contribution in [0.1, 0.15) is 31.4 Å². The van der Waals surface area contributed by atoms with E-state index >= 15 is 0 Å². The highest BCUT2D eigenvalue weighted by atomic mass is 16.5. The maximum atomic E-state index is 12.2. The van der Waals surface area contributed by atoms with Gasteiger partial charge in [-0.05, 0) is 12.0 Å². The minimum Gasteiger partial charge on any atom is -0.479 e. The van der Waals surface area contributed by atoms with E-state index in [0.717, 1.165) is 6.42 Å². The number of unbranched alkanes of at least 4 members (excludes halogenated alkanes) is 1. The van der Waals surface area contributed by atoms with E-state index < -0.39 is 29.9 Å². The molecule has 1 rings (SSSR count). The maximum Gasteiger partial charge on any atom is 0.408 e. The van der Waals surface area contributed by atoms with E-state index in [2.05, 4.69) is 0 Å². The zero-order valence-electron chi connectivity index (χ0n) is 12.3. The number of aliphatic carboxylic acids is 1. The summed E-state index contributed by atoms with van der Waals surface area (Å²) in [4.78, 5) is 34.9. The first kappa shape index (κ1) is 17.6. The zero-order chi connectivity index (χ0) is 16.5. The second kappa shape index (κ2) is 8.78. The second-order valence-electron chi connectivity index (χ2n) is 4.70. The molecule has 120 valence electrons. The standard InChI is InChI=1S/C15H20N2O5/c1-2-3-9-22-15(21)17-12(14(19)20)13(18)11(16)10-7-5-4-6-8-10/h4-8,11-12H,2-3,9,16H2,1H3,(H,17,21)(H,19,20). The number of nitrogens with two attached hydrogens (primary N) is 1. The fraction of sp³-hybridized carbons (Fsp3) is 0.400. The topological polar surface area (TPSA) is 119 Å². The van der Waals surface area contributed by atoms with Crippen molar-refractivity contribution >= 4 is 17.8 Å². The average molecular weight is 308 g/mol. The number of hydrogen-bond donors (Lipinski definition) is 3. The number of nitrogens with one attached hydrogen (secondary N) is 1. The Bertz CT molecular complexity index is 518. The lowest BCUT2D eigenvalue weighted by molar-refractivity contribution is -0.143. The van der Waals surface area contributed by atoms with E-state index in [9.17, 15) is 14.4 Å². The van der Waals surface area contributed by atoms with Gasteiger partial charge in [0.05, 0.1) is 12.6 Å². The molecule has 2 atom stereocenters. The molecular weight excluding hydrogens is 288 g/mol. The van der Waals surface area contributed by atoms with E-state index in [1.165, 1.54) is 0 Å². The quantitative estimate of drug-likeness (QED) is 0.491. The van der Waals surface area contributed by atoms with Crippen molar-refractivity contribution in [2.45, 2.75) is 31.8 Å². The average Bonchev–Trinajstić information content (AvgIpc) is 2.52. The van der Waals surface area contributed by atoms with E-state index in [1.54, 1.807) is 30.3 Å². The van der Waals surface area contributed by atoms with E-state index in [0.29, 0.717) is 12.0 Å². The number of alkyl carbamates (subject to hydrolysis) is 1. The molecule has 0 spiro atoms. The van der Waals surface area contributed by atoms with Crippen LogP contribution in [0.3, 0.4) is 0 Å². The van der Waals surface area contributed by atoms with Crippen molar-refractivity contribution in [3.63, 3.8) is 0 Å². The summed E-state index contributed by atoms with van der Waals surface area (Å²) in [6, 6.07) is 5.46. The lowest BCUT2D eigenvalue weighted by Gasteiger charge is -2.18. The van der Waals surface area contributed by atoms with Gasteiger partial charge in [0, 0.05) is 0 Å². The number of benzene rings is 1. The fourth-order valence-corrected chi connectivity index (χ4v) is 1.73. The third kappa shape index (κ3) is 5.17. The van der Waals surface area contributed by atoms with Crippen molar-refractivity contribution in [3.8, 4) is 0 Å². The smallest absolute Gasteiger partial charge is 0.408 e. The van der Waals surface area contributed by atoms with Gasteiger partial charge in [-0.25, -0.2) is 9.59 Å². The van der Waals surface area contributed by atoms with Crippen molar-refractivity contribution in [1.29, 1.82) is 0 Å². The highest BCUT2D eigenvalue weighted by Crippen LogP contribution is 2.12. The van der Waals surface area contributed by atoms with E-state index in [4.69, 9.17) is 15.6 Å². The number of Topliss-reactive ketones (excluding diaryl/α,β-unsaturated/α-hetero) is 1. The predicted molar refractivity (Wildman–Crippen MR) is 79.2 cm³/mol. The van der Waals surface area contributed by atoms with Crippen LogP contribution < -0.4 is 11.1 Å². The van der Waals surface area contributed by atoms with Gasteiger partial charge in [-0.3, -0.25) is 4.79 Å². The molecule has 1 aromatic carbocycles. The van der Waals surface area contributed by atoms with Crippen molar-refractivity contribution in [2.24, 2.45) is 5.73 Å². The first-order valence-electron chi connectivity index (χ1n) is 6.97. The van der Waals surface area contributed by atoms with Gasteiger partial charge in [-0.2, -0.15) is 0 Å². The summed E-state index contributed by atoms with van der Waals surface area (Å²) in [6.07, 6.45) is 0.533. The van der Waals surface area contributed by atoms with Crippen LogP contribution >= 0.6 is 0 Å². The Morgan fingerprint density at radius 2 is 1.91 bits per heavy atom. The Morgan fingerprint density at radius 3 is 2.45 bits per heavy atom. The number of ketones is 1. The molecule has 7 heteroatoms. The minimum absolute atomic E-state index is 0.160. The molecule has 0 aromatic heterocycles. The van der Waals surface area contributed by atoms with E-state index in [-0.39, 0.29) is 6.61 Å². The van der Waals surface area contributed by atoms with Gasteiger partial charge in [-0.1, -0.05) is 43.7 Å². The highest BCUT2D eigenvalue weighted by molar-refractivity contribution is 6.07. The molecule has 7 nitrogen and oxygen atoms in total. The van der Waals surface area contributed by atoms with Gasteiger partial charge in [0.15, 0.2) is 11.8 Å². The van der Waals surface area contributed by atoms with Crippen LogP contribution in [0.2, 0.25) is 0 Å². The molecule has 1 aromatic rings. The predicted octanol–water partition coefficient (Wildman–Crippen LogP) is 1.24. The van der Waals surface area contributed by atoms with Crippen LogP contribution in [0, 0.1) is 0 Å². The molecule has 2 unspecified atom stereocenters. The van der Waals surface area contributed by atoms with Gasteiger partial charge in [-0.15, -0.1) is 0 Å². The summed E-state index contributed by atoms with van der Waals surface area (Å²) in [5.74, 6) is -2.30. The summed E-state index contributed by atoms with van der Waals surface area (Å²) in [6.45, 7) is 2.08. The van der Waals surface area contributed by atoms with Crippen molar-refractivity contribution in [3.05, 3.63) is 35.9 Å². The van der Waals surface area contributed by atoms with Gasteiger partial charge in [0.2, 0.25) is 0 Å². The van der Waals surface area contributed by atoms with Crippen LogP contribution in [0.15, 0.2) is 30.3 Å². The number of amides is 1. The third-order valence-electron chi connectivity index (χ3n) is 2.99. The first-order chi connectivity index (χ1) is 10.5. The fourth-order valence-electron chi connectivity index (χ4n) is 1.73. The third-order valence-corrected chi connectivity index (χ3v) is 2.99. The molecule has 4 N–H and O–H groups in total. The Balaban J connectivity index is 2.72. The van der Waals surface area contributed by atoms with E-state index in [1.807, 2.05) is 12.2 Å². The van der Waals surface area contributed by atoms with Gasteiger partial charge in [0.1, 0.15) is 0 Å². The summed E-state index contributed by atoms with van der Waals surface area (Å²) in [5.41, 5.74) is 6.24. The summed E-state index contributed by atoms with van der Waals surface area (Å²) in [7, 11) is 0. The Hall–Kier alpha value is -2.41. The molecule has 0 aliphatic rings. The lowest BCUT2D eigenvalue weighted by atomic mass is 9.99. The van der Waals surface area contributed by atoms with Crippen LogP contribution in [0.25, 0.3) is 0 Å². The van der Waals surface area contributed by atoms with Gasteiger partial charge >= 0.3 is 12.1 Å². The molecule has 0 heterocycles. The van der Waals surface area contributed by atoms with Gasteiger partial charge in [0.25, 0.3) is 0 Å². The monoisotopic (exact) mass is 308 g/mol. The maximum absolute atomic E-state index is 12.2. The molecule has 0 saturated heterocycles. The molecule has 0 saturated carbocycles. The highest BCUT2D eigenvalue weighted by Gasteiger charge is 2.33. The summed E-state index contributed by atoms with van der Waals surface area (Å²) < 4.78 is 4.79. The Morgan fingerprint density at radius 1 is 1.27 bits per heavy atom. The van der Waals surface area contributed by atoms with Gasteiger partial charge < -0.3 is 20.9 Å². The zero-order valence-corrected chi connectivity index (χ0v) is 12.3. The van der Waals surface area contributed by atoms with Crippen LogP contribution in [-0.2, 0) is 14.3 Å². The van der Waals surface area contributed by atoms with Crippen LogP contribution in [0.4, 0.5) is 4.79 Å². The molecule has 0 bridgehead atoms. The normalized spacial score (nSPS) is 13.0. The number of hydrogen-bond acceptors (Lipinski definition) is 5. The number of carboxylic acid groups (broad SMARTS) is 1. The van der Waals surface area contributed by atoms with Crippen molar-refractivity contribution < 1.29 is 24.2 Å². The second-order valence-corrected chi connectivity index (χ2v) is 4.70. The molecule has 0 aliphatic carbocycles. The molecule has 0 radical (unpaired) electrons. The summed E-state index contributed by atoms with van der Waals surface area (Å²) >= 11 is 0. The molecule has 1 amide bonds. The summed E-state index contributed by atoms with van der Waals surface area (Å²) in [5, 5.41) is 11.1. The largest absolute Gasteiger partial charge is 0.479 e. The molecular formula is C15H20N2O5. The Labute approximate surface area is 128 Å². The van der Waals surface area contributed by atoms with Crippen molar-refractivity contribution in [1.82, 2.24) is 5.32 Å².